The fourth-order valence-corrected chi connectivity index (χ4v) is 4.63. The maximum absolute atomic E-state index is 12.6. The van der Waals surface area contributed by atoms with E-state index in [1.165, 1.54) is 22.7 Å². The molecule has 1 heterocycles. The van der Waals surface area contributed by atoms with E-state index in [4.69, 9.17) is 4.74 Å². The van der Waals surface area contributed by atoms with Crippen LogP contribution in [0.25, 0.3) is 6.08 Å². The van der Waals surface area contributed by atoms with Crippen LogP contribution in [0.4, 0.5) is 11.4 Å². The van der Waals surface area contributed by atoms with Gasteiger partial charge in [-0.2, -0.15) is 9.41 Å². The average molecular weight is 430 g/mol. The molecule has 0 saturated carbocycles. The van der Waals surface area contributed by atoms with Gasteiger partial charge in [0.25, 0.3) is 5.69 Å². The van der Waals surface area contributed by atoms with Crippen molar-refractivity contribution >= 4 is 33.7 Å². The largest absolute Gasteiger partial charge is 0.496 e. The number of nitrogens with one attached hydrogen (secondary N) is 1. The molecule has 3 rings (SSSR count). The van der Waals surface area contributed by atoms with Gasteiger partial charge in [0.1, 0.15) is 11.4 Å². The van der Waals surface area contributed by atoms with Gasteiger partial charge in [-0.05, 0) is 43.2 Å². The number of rotatable bonds is 8. The third-order valence-electron chi connectivity index (χ3n) is 4.63. The van der Waals surface area contributed by atoms with E-state index in [0.717, 1.165) is 24.5 Å². The van der Waals surface area contributed by atoms with Gasteiger partial charge in [0.15, 0.2) is 0 Å². The molecule has 0 aliphatic carbocycles. The highest BCUT2D eigenvalue weighted by Gasteiger charge is 2.29. The van der Waals surface area contributed by atoms with E-state index in [2.05, 4.69) is 10.5 Å². The van der Waals surface area contributed by atoms with E-state index in [-0.39, 0.29) is 16.3 Å². The summed E-state index contributed by atoms with van der Waals surface area (Å²) in [6, 6.07) is 11.2. The lowest BCUT2D eigenvalue weighted by Crippen LogP contribution is -2.27. The number of hydrazone groups is 1. The smallest absolute Gasteiger partial charge is 0.295 e. The maximum atomic E-state index is 12.6. The van der Waals surface area contributed by atoms with Crippen LogP contribution in [0.3, 0.4) is 0 Å². The summed E-state index contributed by atoms with van der Waals surface area (Å²) in [5, 5.41) is 15.4. The van der Waals surface area contributed by atoms with Crippen LogP contribution in [0.15, 0.2) is 58.5 Å². The van der Waals surface area contributed by atoms with E-state index in [1.807, 2.05) is 24.3 Å². The summed E-state index contributed by atoms with van der Waals surface area (Å²) >= 11 is 0. The SMILES string of the molecule is COc1ccccc1/C=C/C=N/Nc1ccc(S(=O)(=O)N2CCCC2)cc1[N+](=O)[O-]. The molecule has 1 fully saturated rings. The number of hydrogen-bond acceptors (Lipinski definition) is 7. The molecule has 1 aliphatic rings. The number of nitro benzene ring substituents is 1. The molecule has 0 amide bonds. The molecule has 9 nitrogen and oxygen atoms in total. The summed E-state index contributed by atoms with van der Waals surface area (Å²) in [5.74, 6) is 0.709. The molecule has 1 aliphatic heterocycles. The number of ether oxygens (including phenoxy) is 1. The molecule has 0 bridgehead atoms. The van der Waals surface area contributed by atoms with Crippen molar-refractivity contribution in [2.24, 2.45) is 5.10 Å². The second-order valence-electron chi connectivity index (χ2n) is 6.54. The molecule has 0 radical (unpaired) electrons. The van der Waals surface area contributed by atoms with Crippen molar-refractivity contribution in [3.8, 4) is 5.75 Å². The molecule has 1 N–H and O–H groups in total. The number of anilines is 1. The summed E-state index contributed by atoms with van der Waals surface area (Å²) in [7, 11) is -2.16. The fraction of sp³-hybridized carbons (Fsp3) is 0.250. The number of methoxy groups -OCH3 is 1. The second kappa shape index (κ2) is 9.51. The lowest BCUT2D eigenvalue weighted by molar-refractivity contribution is -0.384. The first-order chi connectivity index (χ1) is 14.4. The first-order valence-electron chi connectivity index (χ1n) is 9.31. The number of benzene rings is 2. The highest BCUT2D eigenvalue weighted by molar-refractivity contribution is 7.89. The number of hydrogen-bond donors (Lipinski definition) is 1. The molecule has 30 heavy (non-hydrogen) atoms. The second-order valence-corrected chi connectivity index (χ2v) is 8.48. The Morgan fingerprint density at radius 2 is 1.93 bits per heavy atom. The van der Waals surface area contributed by atoms with Crippen molar-refractivity contribution in [3.63, 3.8) is 0 Å². The van der Waals surface area contributed by atoms with Crippen LogP contribution in [-0.2, 0) is 10.0 Å². The molecule has 0 atom stereocenters. The summed E-state index contributed by atoms with van der Waals surface area (Å²) < 4.78 is 31.9. The molecule has 2 aromatic rings. The minimum atomic E-state index is -3.74. The summed E-state index contributed by atoms with van der Waals surface area (Å²) in [4.78, 5) is 10.7. The Morgan fingerprint density at radius 3 is 2.63 bits per heavy atom. The Hall–Kier alpha value is -3.24. The number of sulfonamides is 1. The topological polar surface area (TPSA) is 114 Å². The van der Waals surface area contributed by atoms with Gasteiger partial charge >= 0.3 is 0 Å². The molecule has 158 valence electrons. The maximum Gasteiger partial charge on any atom is 0.295 e. The van der Waals surface area contributed by atoms with E-state index in [1.54, 1.807) is 19.3 Å². The standard InChI is InChI=1S/C20H22N4O5S/c1-29-20-9-3-2-7-16(20)8-6-12-21-22-18-11-10-17(15-19(18)24(25)26)30(27,28)23-13-4-5-14-23/h2-3,6-12,15,22H,4-5,13-14H2,1H3/b8-6+,21-12+. The first kappa shape index (κ1) is 21.5. The highest BCUT2D eigenvalue weighted by Crippen LogP contribution is 2.30. The van der Waals surface area contributed by atoms with Crippen molar-refractivity contribution in [1.82, 2.24) is 4.31 Å². The zero-order valence-electron chi connectivity index (χ0n) is 16.4. The zero-order valence-corrected chi connectivity index (χ0v) is 17.2. The fourth-order valence-electron chi connectivity index (χ4n) is 3.10. The quantitative estimate of drug-likeness (QED) is 0.389. The van der Waals surface area contributed by atoms with Crippen LogP contribution in [0.1, 0.15) is 18.4 Å². The van der Waals surface area contributed by atoms with Gasteiger partial charge < -0.3 is 4.74 Å². The number of nitrogens with zero attached hydrogens (tertiary/aromatic N) is 3. The molecule has 0 unspecified atom stereocenters. The molecule has 0 aromatic heterocycles. The lowest BCUT2D eigenvalue weighted by atomic mass is 10.2. The van der Waals surface area contributed by atoms with Crippen molar-refractivity contribution in [1.29, 1.82) is 0 Å². The zero-order chi connectivity index (χ0) is 21.6. The van der Waals surface area contributed by atoms with E-state index in [0.29, 0.717) is 18.8 Å². The van der Waals surface area contributed by atoms with E-state index < -0.39 is 14.9 Å². The van der Waals surface area contributed by atoms with Gasteiger partial charge in [0, 0.05) is 30.9 Å². The van der Waals surface area contributed by atoms with Gasteiger partial charge in [-0.1, -0.05) is 18.2 Å². The molecule has 2 aromatic carbocycles. The predicted molar refractivity (Wildman–Crippen MR) is 115 cm³/mol. The van der Waals surface area contributed by atoms with E-state index >= 15 is 0 Å². The number of para-hydroxylation sites is 1. The Balaban J connectivity index is 1.75. The van der Waals surface area contributed by atoms with Crippen LogP contribution >= 0.6 is 0 Å². The van der Waals surface area contributed by atoms with Crippen molar-refractivity contribution in [3.05, 3.63) is 64.2 Å². The minimum Gasteiger partial charge on any atom is -0.496 e. The predicted octanol–water partition coefficient (Wildman–Crippen LogP) is 3.50. The van der Waals surface area contributed by atoms with Crippen LogP contribution in [0.5, 0.6) is 5.75 Å². The van der Waals surface area contributed by atoms with Crippen LogP contribution in [-0.4, -0.2) is 44.1 Å². The summed E-state index contributed by atoms with van der Waals surface area (Å²) in [6.07, 6.45) is 6.45. The van der Waals surface area contributed by atoms with Crippen LogP contribution in [0.2, 0.25) is 0 Å². The van der Waals surface area contributed by atoms with Gasteiger partial charge in [0.05, 0.1) is 16.9 Å². The summed E-state index contributed by atoms with van der Waals surface area (Å²) in [5.41, 5.74) is 3.19. The minimum absolute atomic E-state index is 0.0956. The number of nitro groups is 1. The number of allylic oxidation sites excluding steroid dienone is 1. The van der Waals surface area contributed by atoms with Crippen molar-refractivity contribution in [2.75, 3.05) is 25.6 Å². The Labute approximate surface area is 174 Å². The molecule has 1 saturated heterocycles. The molecule has 10 heteroatoms. The van der Waals surface area contributed by atoms with Gasteiger partial charge in [-0.15, -0.1) is 0 Å². The average Bonchev–Trinajstić information content (AvgIpc) is 3.29. The Kier molecular flexibility index (Phi) is 6.80. The lowest BCUT2D eigenvalue weighted by Gasteiger charge is -2.15. The molecule has 0 spiro atoms. The van der Waals surface area contributed by atoms with Crippen LogP contribution in [0, 0.1) is 10.1 Å². The normalized spacial score (nSPS) is 15.1. The van der Waals surface area contributed by atoms with Crippen LogP contribution < -0.4 is 10.2 Å². The van der Waals surface area contributed by atoms with Gasteiger partial charge in [0.2, 0.25) is 10.0 Å². The van der Waals surface area contributed by atoms with Crippen molar-refractivity contribution in [2.45, 2.75) is 17.7 Å². The monoisotopic (exact) mass is 430 g/mol. The van der Waals surface area contributed by atoms with E-state index in [9.17, 15) is 18.5 Å². The molecular weight excluding hydrogens is 408 g/mol. The summed E-state index contributed by atoms with van der Waals surface area (Å²) in [6.45, 7) is 0.859. The third kappa shape index (κ3) is 4.84. The molecular formula is C20H22N4O5S. The van der Waals surface area contributed by atoms with Crippen molar-refractivity contribution < 1.29 is 18.1 Å². The highest BCUT2D eigenvalue weighted by atomic mass is 32.2. The Bertz CT molecular complexity index is 1080. The van der Waals surface area contributed by atoms with Gasteiger partial charge in [-0.25, -0.2) is 8.42 Å². The Morgan fingerprint density at radius 1 is 1.20 bits per heavy atom. The van der Waals surface area contributed by atoms with Gasteiger partial charge in [-0.3, -0.25) is 15.5 Å². The first-order valence-corrected chi connectivity index (χ1v) is 10.7. The third-order valence-corrected chi connectivity index (χ3v) is 6.52.